The molecule has 1 aliphatic heterocycles. The Bertz CT molecular complexity index is 344. The molecule has 0 aromatic rings. The second-order valence-electron chi connectivity index (χ2n) is 6.06. The maximum atomic E-state index is 12.2. The molecule has 1 fully saturated rings. The smallest absolute Gasteiger partial charge is 0.214 e. The van der Waals surface area contributed by atoms with E-state index in [0.29, 0.717) is 13.1 Å². The molecule has 1 aliphatic rings. The largest absolute Gasteiger partial charge is 0.300 e. The summed E-state index contributed by atoms with van der Waals surface area (Å²) >= 11 is 3.41. The Labute approximate surface area is 120 Å². The fourth-order valence-corrected chi connectivity index (χ4v) is 4.26. The predicted octanol–water partition coefficient (Wildman–Crippen LogP) is 1.76. The first-order chi connectivity index (χ1) is 8.24. The van der Waals surface area contributed by atoms with Gasteiger partial charge in [-0.3, -0.25) is 4.90 Å². The van der Waals surface area contributed by atoms with Crippen molar-refractivity contribution in [2.75, 3.05) is 43.8 Å². The van der Waals surface area contributed by atoms with E-state index in [4.69, 9.17) is 0 Å². The van der Waals surface area contributed by atoms with Gasteiger partial charge in [0, 0.05) is 38.1 Å². The van der Waals surface area contributed by atoms with Gasteiger partial charge in [-0.05, 0) is 11.8 Å². The maximum absolute atomic E-state index is 12.2. The van der Waals surface area contributed by atoms with Crippen LogP contribution in [-0.4, -0.2) is 61.4 Å². The monoisotopic (exact) mass is 340 g/mol. The van der Waals surface area contributed by atoms with Gasteiger partial charge in [-0.2, -0.15) is 4.31 Å². The SMILES string of the molecule is CC(C)(C)CCS(=O)(=O)N1CCN(CCBr)CC1. The van der Waals surface area contributed by atoms with E-state index in [1.54, 1.807) is 4.31 Å². The van der Waals surface area contributed by atoms with Crippen molar-refractivity contribution < 1.29 is 8.42 Å². The lowest BCUT2D eigenvalue weighted by molar-refractivity contribution is 0.197. The van der Waals surface area contributed by atoms with Gasteiger partial charge in [0.25, 0.3) is 0 Å². The second-order valence-corrected chi connectivity index (χ2v) is 8.94. The lowest BCUT2D eigenvalue weighted by atomic mass is 9.94. The van der Waals surface area contributed by atoms with Crippen LogP contribution in [0.2, 0.25) is 0 Å². The Balaban J connectivity index is 2.45. The van der Waals surface area contributed by atoms with Gasteiger partial charge in [0.2, 0.25) is 10.0 Å². The summed E-state index contributed by atoms with van der Waals surface area (Å²) in [5.41, 5.74) is 0.0743. The Morgan fingerprint density at radius 3 is 2.11 bits per heavy atom. The second kappa shape index (κ2) is 6.68. The van der Waals surface area contributed by atoms with Crippen LogP contribution < -0.4 is 0 Å². The lowest BCUT2D eigenvalue weighted by Crippen LogP contribution is -2.49. The molecular weight excluding hydrogens is 316 g/mol. The molecule has 4 nitrogen and oxygen atoms in total. The highest BCUT2D eigenvalue weighted by atomic mass is 79.9. The number of alkyl halides is 1. The van der Waals surface area contributed by atoms with Crippen molar-refractivity contribution >= 4 is 26.0 Å². The highest BCUT2D eigenvalue weighted by Crippen LogP contribution is 2.21. The van der Waals surface area contributed by atoms with E-state index in [1.165, 1.54) is 0 Å². The van der Waals surface area contributed by atoms with E-state index in [9.17, 15) is 8.42 Å². The number of hydrogen-bond donors (Lipinski definition) is 0. The fourth-order valence-electron chi connectivity index (χ4n) is 1.92. The van der Waals surface area contributed by atoms with Crippen molar-refractivity contribution in [3.8, 4) is 0 Å². The van der Waals surface area contributed by atoms with Crippen molar-refractivity contribution in [1.82, 2.24) is 9.21 Å². The van der Waals surface area contributed by atoms with E-state index in [0.717, 1.165) is 31.4 Å². The minimum atomic E-state index is -3.06. The molecule has 1 rings (SSSR count). The average molecular weight is 341 g/mol. The predicted molar refractivity (Wildman–Crippen MR) is 79.7 cm³/mol. The number of halogens is 1. The molecule has 0 spiro atoms. The standard InChI is InChI=1S/C12H25BrN2O2S/c1-12(2,3)4-11-18(16,17)15-9-7-14(6-5-13)8-10-15/h4-11H2,1-3H3. The van der Waals surface area contributed by atoms with E-state index >= 15 is 0 Å². The molecule has 0 saturated carbocycles. The molecule has 0 aromatic carbocycles. The van der Waals surface area contributed by atoms with Crippen LogP contribution in [0.5, 0.6) is 0 Å². The number of piperazine rings is 1. The van der Waals surface area contributed by atoms with Crippen molar-refractivity contribution in [2.45, 2.75) is 27.2 Å². The van der Waals surface area contributed by atoms with Crippen molar-refractivity contribution in [1.29, 1.82) is 0 Å². The number of nitrogens with zero attached hydrogens (tertiary/aromatic N) is 2. The Morgan fingerprint density at radius 1 is 1.11 bits per heavy atom. The Morgan fingerprint density at radius 2 is 1.67 bits per heavy atom. The summed E-state index contributed by atoms with van der Waals surface area (Å²) in [4.78, 5) is 2.30. The molecule has 1 heterocycles. The number of hydrogen-bond acceptors (Lipinski definition) is 3. The summed E-state index contributed by atoms with van der Waals surface area (Å²) in [5, 5.41) is 0.948. The highest BCUT2D eigenvalue weighted by Gasteiger charge is 2.27. The van der Waals surface area contributed by atoms with E-state index in [2.05, 4.69) is 41.6 Å². The van der Waals surface area contributed by atoms with Crippen LogP contribution in [-0.2, 0) is 10.0 Å². The normalized spacial score (nSPS) is 20.2. The molecular formula is C12H25BrN2O2S. The summed E-state index contributed by atoms with van der Waals surface area (Å²) in [5.74, 6) is 0.273. The minimum absolute atomic E-state index is 0.0743. The van der Waals surface area contributed by atoms with E-state index in [1.807, 2.05) is 0 Å². The zero-order valence-electron chi connectivity index (χ0n) is 11.7. The first-order valence-corrected chi connectivity index (χ1v) is 9.24. The zero-order valence-corrected chi connectivity index (χ0v) is 14.1. The number of rotatable bonds is 5. The topological polar surface area (TPSA) is 40.6 Å². The summed E-state index contributed by atoms with van der Waals surface area (Å²) in [6.45, 7) is 10.2. The van der Waals surface area contributed by atoms with Crippen molar-refractivity contribution in [3.05, 3.63) is 0 Å². The van der Waals surface area contributed by atoms with Crippen LogP contribution in [0.15, 0.2) is 0 Å². The molecule has 0 bridgehead atoms. The molecule has 0 aliphatic carbocycles. The van der Waals surface area contributed by atoms with Gasteiger partial charge in [0.05, 0.1) is 5.75 Å². The fraction of sp³-hybridized carbons (Fsp3) is 1.00. The molecule has 0 unspecified atom stereocenters. The summed E-state index contributed by atoms with van der Waals surface area (Å²) < 4.78 is 26.0. The van der Waals surface area contributed by atoms with Crippen molar-refractivity contribution in [2.24, 2.45) is 5.41 Å². The molecule has 18 heavy (non-hydrogen) atoms. The third-order valence-electron chi connectivity index (χ3n) is 3.24. The summed E-state index contributed by atoms with van der Waals surface area (Å²) in [6, 6.07) is 0. The molecule has 0 radical (unpaired) electrons. The van der Waals surface area contributed by atoms with Crippen LogP contribution >= 0.6 is 15.9 Å². The maximum Gasteiger partial charge on any atom is 0.214 e. The van der Waals surface area contributed by atoms with Gasteiger partial charge in [-0.15, -0.1) is 0 Å². The van der Waals surface area contributed by atoms with Crippen LogP contribution in [0.25, 0.3) is 0 Å². The molecule has 1 saturated heterocycles. The van der Waals surface area contributed by atoms with Gasteiger partial charge < -0.3 is 0 Å². The highest BCUT2D eigenvalue weighted by molar-refractivity contribution is 9.09. The van der Waals surface area contributed by atoms with Crippen LogP contribution in [0.1, 0.15) is 27.2 Å². The molecule has 0 N–H and O–H groups in total. The molecule has 0 amide bonds. The summed E-state index contributed by atoms with van der Waals surface area (Å²) in [6.07, 6.45) is 0.719. The lowest BCUT2D eigenvalue weighted by Gasteiger charge is -2.34. The van der Waals surface area contributed by atoms with E-state index in [-0.39, 0.29) is 11.2 Å². The first kappa shape index (κ1) is 16.4. The first-order valence-electron chi connectivity index (χ1n) is 6.51. The number of sulfonamides is 1. The van der Waals surface area contributed by atoms with Gasteiger partial charge >= 0.3 is 0 Å². The van der Waals surface area contributed by atoms with Gasteiger partial charge in [0.15, 0.2) is 0 Å². The summed E-state index contributed by atoms with van der Waals surface area (Å²) in [7, 11) is -3.06. The third kappa shape index (κ3) is 5.55. The third-order valence-corrected chi connectivity index (χ3v) is 5.46. The molecule has 6 heteroatoms. The van der Waals surface area contributed by atoms with Gasteiger partial charge in [-0.1, -0.05) is 36.7 Å². The Hall–Kier alpha value is 0.350. The average Bonchev–Trinajstić information content (AvgIpc) is 2.27. The Kier molecular flexibility index (Phi) is 6.09. The molecule has 0 atom stereocenters. The van der Waals surface area contributed by atoms with Gasteiger partial charge in [-0.25, -0.2) is 8.42 Å². The van der Waals surface area contributed by atoms with Crippen LogP contribution in [0, 0.1) is 5.41 Å². The molecule has 108 valence electrons. The zero-order chi connectivity index (χ0) is 13.8. The van der Waals surface area contributed by atoms with Crippen molar-refractivity contribution in [3.63, 3.8) is 0 Å². The molecule has 0 aromatic heterocycles. The van der Waals surface area contributed by atoms with Crippen LogP contribution in [0.4, 0.5) is 0 Å². The van der Waals surface area contributed by atoms with E-state index < -0.39 is 10.0 Å². The van der Waals surface area contributed by atoms with Gasteiger partial charge in [0.1, 0.15) is 0 Å². The quantitative estimate of drug-likeness (QED) is 0.716. The van der Waals surface area contributed by atoms with Crippen LogP contribution in [0.3, 0.4) is 0 Å². The minimum Gasteiger partial charge on any atom is -0.300 e.